The van der Waals surface area contributed by atoms with Crippen LogP contribution in [-0.4, -0.2) is 23.4 Å². The van der Waals surface area contributed by atoms with Crippen LogP contribution in [0.3, 0.4) is 0 Å². The van der Waals surface area contributed by atoms with E-state index in [0.29, 0.717) is 18.4 Å². The van der Waals surface area contributed by atoms with E-state index in [0.717, 1.165) is 24.9 Å². The summed E-state index contributed by atoms with van der Waals surface area (Å²) >= 11 is 0. The Labute approximate surface area is 129 Å². The highest BCUT2D eigenvalue weighted by Gasteiger charge is 2.23. The third-order valence-electron chi connectivity index (χ3n) is 3.89. The highest BCUT2D eigenvalue weighted by atomic mass is 16.2. The predicted molar refractivity (Wildman–Crippen MR) is 88.9 cm³/mol. The molecule has 1 rings (SSSR count). The molecule has 1 amide bonds. The summed E-state index contributed by atoms with van der Waals surface area (Å²) in [6, 6.07) is 9.97. The molecular formula is C18H30N2O. The van der Waals surface area contributed by atoms with E-state index >= 15 is 0 Å². The van der Waals surface area contributed by atoms with Crippen molar-refractivity contribution in [3.8, 4) is 0 Å². The Morgan fingerprint density at radius 2 is 1.71 bits per heavy atom. The topological polar surface area (TPSA) is 46.3 Å². The van der Waals surface area contributed by atoms with Crippen molar-refractivity contribution >= 4 is 5.91 Å². The van der Waals surface area contributed by atoms with Gasteiger partial charge < -0.3 is 10.6 Å². The molecule has 3 heteroatoms. The van der Waals surface area contributed by atoms with Gasteiger partial charge in [0.05, 0.1) is 0 Å². The first kappa shape index (κ1) is 17.7. The lowest BCUT2D eigenvalue weighted by Gasteiger charge is -2.33. The van der Waals surface area contributed by atoms with Crippen LogP contribution in [0, 0.1) is 5.92 Å². The Hall–Kier alpha value is -1.35. The predicted octanol–water partition coefficient (Wildman–Crippen LogP) is 3.75. The zero-order chi connectivity index (χ0) is 15.8. The molecule has 0 fully saturated rings. The fourth-order valence-corrected chi connectivity index (χ4v) is 2.70. The second-order valence-corrected chi connectivity index (χ2v) is 6.13. The first-order valence-corrected chi connectivity index (χ1v) is 8.09. The summed E-state index contributed by atoms with van der Waals surface area (Å²) in [5, 5.41) is 0. The molecule has 118 valence electrons. The molecule has 0 aromatic heterocycles. The summed E-state index contributed by atoms with van der Waals surface area (Å²) in [4.78, 5) is 14.7. The molecular weight excluding hydrogens is 260 g/mol. The molecule has 1 aromatic rings. The zero-order valence-electron chi connectivity index (χ0n) is 13.9. The Morgan fingerprint density at radius 1 is 1.14 bits per heavy atom. The van der Waals surface area contributed by atoms with E-state index in [2.05, 4.69) is 27.7 Å². The summed E-state index contributed by atoms with van der Waals surface area (Å²) in [6.07, 6.45) is 2.37. The van der Waals surface area contributed by atoms with Gasteiger partial charge in [-0.3, -0.25) is 4.79 Å². The van der Waals surface area contributed by atoms with Gasteiger partial charge in [0, 0.05) is 25.0 Å². The number of nitrogens with zero attached hydrogens (tertiary/aromatic N) is 1. The quantitative estimate of drug-likeness (QED) is 0.792. The van der Waals surface area contributed by atoms with Gasteiger partial charge in [-0.25, -0.2) is 0 Å². The second kappa shape index (κ2) is 8.83. The van der Waals surface area contributed by atoms with Crippen LogP contribution in [0.15, 0.2) is 30.3 Å². The molecule has 3 nitrogen and oxygen atoms in total. The van der Waals surface area contributed by atoms with Gasteiger partial charge in [0.1, 0.15) is 0 Å². The average Bonchev–Trinajstić information content (AvgIpc) is 2.47. The summed E-state index contributed by atoms with van der Waals surface area (Å²) in [6.45, 7) is 9.41. The maximum atomic E-state index is 12.7. The van der Waals surface area contributed by atoms with E-state index < -0.39 is 0 Å². The van der Waals surface area contributed by atoms with Crippen LogP contribution >= 0.6 is 0 Å². The SMILES string of the molecule is CCC(CC)N(CC(C)C)C(=O)CC(N)c1ccccc1. The molecule has 0 spiro atoms. The number of carbonyl (C=O) groups is 1. The Kier molecular flexibility index (Phi) is 7.44. The van der Waals surface area contributed by atoms with Crippen molar-refractivity contribution in [1.29, 1.82) is 0 Å². The molecule has 0 heterocycles. The van der Waals surface area contributed by atoms with Crippen molar-refractivity contribution in [2.24, 2.45) is 11.7 Å². The number of rotatable bonds is 8. The van der Waals surface area contributed by atoms with Gasteiger partial charge in [-0.2, -0.15) is 0 Å². The highest BCUT2D eigenvalue weighted by molar-refractivity contribution is 5.77. The highest BCUT2D eigenvalue weighted by Crippen LogP contribution is 2.18. The van der Waals surface area contributed by atoms with E-state index in [-0.39, 0.29) is 11.9 Å². The van der Waals surface area contributed by atoms with Crippen molar-refractivity contribution in [2.75, 3.05) is 6.54 Å². The van der Waals surface area contributed by atoms with Crippen LogP contribution in [0.25, 0.3) is 0 Å². The number of hydrogen-bond donors (Lipinski definition) is 1. The molecule has 0 bridgehead atoms. The van der Waals surface area contributed by atoms with Crippen LogP contribution < -0.4 is 5.73 Å². The standard InChI is InChI=1S/C18H30N2O/c1-5-16(6-2)20(13-14(3)4)18(21)12-17(19)15-10-8-7-9-11-15/h7-11,14,16-17H,5-6,12-13,19H2,1-4H3. The number of carbonyl (C=O) groups excluding carboxylic acids is 1. The molecule has 21 heavy (non-hydrogen) atoms. The molecule has 0 aliphatic rings. The number of hydrogen-bond acceptors (Lipinski definition) is 2. The average molecular weight is 290 g/mol. The van der Waals surface area contributed by atoms with E-state index in [1.807, 2.05) is 35.2 Å². The monoisotopic (exact) mass is 290 g/mol. The molecule has 0 radical (unpaired) electrons. The van der Waals surface area contributed by atoms with E-state index in [9.17, 15) is 4.79 Å². The normalized spacial score (nSPS) is 12.7. The molecule has 0 saturated carbocycles. The third kappa shape index (κ3) is 5.50. The lowest BCUT2D eigenvalue weighted by Crippen LogP contribution is -2.43. The van der Waals surface area contributed by atoms with Gasteiger partial charge in [0.15, 0.2) is 0 Å². The first-order chi connectivity index (χ1) is 9.99. The molecule has 2 N–H and O–H groups in total. The third-order valence-corrected chi connectivity index (χ3v) is 3.89. The zero-order valence-corrected chi connectivity index (χ0v) is 13.9. The van der Waals surface area contributed by atoms with Gasteiger partial charge in [-0.1, -0.05) is 58.0 Å². The minimum absolute atomic E-state index is 0.175. The van der Waals surface area contributed by atoms with Gasteiger partial charge in [0.25, 0.3) is 0 Å². The van der Waals surface area contributed by atoms with Crippen molar-refractivity contribution in [3.63, 3.8) is 0 Å². The van der Waals surface area contributed by atoms with Crippen LogP contribution in [-0.2, 0) is 4.79 Å². The second-order valence-electron chi connectivity index (χ2n) is 6.13. The number of benzene rings is 1. The van der Waals surface area contributed by atoms with Crippen molar-refractivity contribution in [3.05, 3.63) is 35.9 Å². The van der Waals surface area contributed by atoms with Crippen LogP contribution in [0.1, 0.15) is 58.6 Å². The van der Waals surface area contributed by atoms with Gasteiger partial charge in [0.2, 0.25) is 5.91 Å². The molecule has 0 saturated heterocycles. The molecule has 1 aromatic carbocycles. The van der Waals surface area contributed by atoms with Crippen LogP contribution in [0.4, 0.5) is 0 Å². The molecule has 0 aliphatic heterocycles. The van der Waals surface area contributed by atoms with Crippen molar-refractivity contribution in [2.45, 2.75) is 59.0 Å². The molecule has 0 aliphatic carbocycles. The number of nitrogens with two attached hydrogens (primary N) is 1. The fourth-order valence-electron chi connectivity index (χ4n) is 2.70. The van der Waals surface area contributed by atoms with Gasteiger partial charge >= 0.3 is 0 Å². The van der Waals surface area contributed by atoms with Crippen LogP contribution in [0.5, 0.6) is 0 Å². The van der Waals surface area contributed by atoms with E-state index in [1.54, 1.807) is 0 Å². The molecule has 1 unspecified atom stereocenters. The van der Waals surface area contributed by atoms with E-state index in [4.69, 9.17) is 5.73 Å². The summed E-state index contributed by atoms with van der Waals surface area (Å²) in [5.41, 5.74) is 7.23. The number of amides is 1. The summed E-state index contributed by atoms with van der Waals surface area (Å²) in [7, 11) is 0. The lowest BCUT2D eigenvalue weighted by molar-refractivity contribution is -0.134. The van der Waals surface area contributed by atoms with Crippen molar-refractivity contribution in [1.82, 2.24) is 4.90 Å². The smallest absolute Gasteiger partial charge is 0.224 e. The Balaban J connectivity index is 2.76. The van der Waals surface area contributed by atoms with Gasteiger partial charge in [-0.15, -0.1) is 0 Å². The maximum Gasteiger partial charge on any atom is 0.224 e. The van der Waals surface area contributed by atoms with Crippen molar-refractivity contribution < 1.29 is 4.79 Å². The minimum atomic E-state index is -0.220. The maximum absolute atomic E-state index is 12.7. The van der Waals surface area contributed by atoms with E-state index in [1.165, 1.54) is 0 Å². The Bertz CT molecular complexity index is 412. The largest absolute Gasteiger partial charge is 0.339 e. The van der Waals surface area contributed by atoms with Crippen LogP contribution in [0.2, 0.25) is 0 Å². The first-order valence-electron chi connectivity index (χ1n) is 8.09. The Morgan fingerprint density at radius 3 is 2.19 bits per heavy atom. The lowest BCUT2D eigenvalue weighted by atomic mass is 10.0. The summed E-state index contributed by atoms with van der Waals surface area (Å²) < 4.78 is 0. The molecule has 1 atom stereocenters. The van der Waals surface area contributed by atoms with Gasteiger partial charge in [-0.05, 0) is 24.3 Å². The fraction of sp³-hybridized carbons (Fsp3) is 0.611. The minimum Gasteiger partial charge on any atom is -0.339 e. The summed E-state index contributed by atoms with van der Waals surface area (Å²) in [5.74, 6) is 0.649.